The molecule has 32 heavy (non-hydrogen) atoms. The molecule has 0 aromatic heterocycles. The summed E-state index contributed by atoms with van der Waals surface area (Å²) in [5.41, 5.74) is -0.320. The number of carbonyl (C=O) groups excluding carboxylic acids is 1. The summed E-state index contributed by atoms with van der Waals surface area (Å²) in [7, 11) is -0.218. The smallest absolute Gasteiger partial charge is 0.344 e. The summed E-state index contributed by atoms with van der Waals surface area (Å²) in [6.07, 6.45) is 4.11. The molecule has 0 N–H and O–H groups in total. The van der Waals surface area contributed by atoms with Crippen LogP contribution in [0, 0.1) is 7.14 Å². The van der Waals surface area contributed by atoms with Gasteiger partial charge in [0.25, 0.3) is 0 Å². The number of esters is 1. The number of hydrogen-bond acceptors (Lipinski definition) is 3. The highest BCUT2D eigenvalue weighted by molar-refractivity contribution is 14.1. The second-order valence-electron chi connectivity index (χ2n) is 8.09. The molecule has 1 aliphatic carbocycles. The lowest BCUT2D eigenvalue weighted by atomic mass is 10.1. The Balaban J connectivity index is 1.49. The molecule has 6 heteroatoms. The Kier molecular flexibility index (Phi) is 8.04. The van der Waals surface area contributed by atoms with E-state index in [1.165, 1.54) is 21.8 Å². The monoisotopic (exact) mass is 671 g/mol. The first kappa shape index (κ1) is 23.9. The van der Waals surface area contributed by atoms with Gasteiger partial charge in [0.2, 0.25) is 0 Å². The van der Waals surface area contributed by atoms with Crippen LogP contribution in [0.3, 0.4) is 0 Å². The van der Waals surface area contributed by atoms with Gasteiger partial charge in [-0.2, -0.15) is 0 Å². The maximum absolute atomic E-state index is 12.2. The Morgan fingerprint density at radius 2 is 1.50 bits per heavy atom. The molecule has 0 radical (unpaired) electrons. The molecule has 1 atom stereocenters. The van der Waals surface area contributed by atoms with Gasteiger partial charge in [0.15, 0.2) is 21.3 Å². The van der Waals surface area contributed by atoms with Gasteiger partial charge >= 0.3 is 5.97 Å². The summed E-state index contributed by atoms with van der Waals surface area (Å²) in [5.74, 6) is 0.382. The number of benzene rings is 3. The first-order valence-corrected chi connectivity index (χ1v) is 14.0. The van der Waals surface area contributed by atoms with Crippen molar-refractivity contribution in [1.29, 1.82) is 0 Å². The highest BCUT2D eigenvalue weighted by Gasteiger charge is 2.33. The lowest BCUT2D eigenvalue weighted by molar-refractivity contribution is -0.159. The summed E-state index contributed by atoms with van der Waals surface area (Å²) >= 11 is 4.77. The van der Waals surface area contributed by atoms with Gasteiger partial charge in [-0.05, 0) is 126 Å². The van der Waals surface area contributed by atoms with Crippen LogP contribution in [-0.4, -0.2) is 18.2 Å². The van der Waals surface area contributed by atoms with Crippen molar-refractivity contribution in [2.24, 2.45) is 0 Å². The van der Waals surface area contributed by atoms with Gasteiger partial charge in [0.1, 0.15) is 11.4 Å². The SMILES string of the molecule is CC1(OC(=O)COc2ccc([S+](c3ccccc3)c3ccc(I)c(I)c3)cc2)CCCC1. The van der Waals surface area contributed by atoms with Crippen LogP contribution in [0.25, 0.3) is 0 Å². The molecule has 1 aliphatic rings. The third-order valence-corrected chi connectivity index (χ3v) is 10.6. The second kappa shape index (κ2) is 10.8. The van der Waals surface area contributed by atoms with Gasteiger partial charge in [-0.3, -0.25) is 0 Å². The number of hydrogen-bond donors (Lipinski definition) is 0. The van der Waals surface area contributed by atoms with Crippen LogP contribution < -0.4 is 4.74 Å². The van der Waals surface area contributed by atoms with Crippen molar-refractivity contribution in [3.63, 3.8) is 0 Å². The normalized spacial score (nSPS) is 15.8. The topological polar surface area (TPSA) is 35.5 Å². The van der Waals surface area contributed by atoms with E-state index in [2.05, 4.69) is 99.8 Å². The van der Waals surface area contributed by atoms with Crippen molar-refractivity contribution in [3.05, 3.63) is 79.9 Å². The molecule has 1 unspecified atom stereocenters. The predicted octanol–water partition coefficient (Wildman–Crippen LogP) is 7.25. The van der Waals surface area contributed by atoms with Gasteiger partial charge in [0.05, 0.1) is 10.9 Å². The van der Waals surface area contributed by atoms with E-state index in [-0.39, 0.29) is 29.1 Å². The third kappa shape index (κ3) is 5.99. The zero-order chi connectivity index (χ0) is 22.6. The number of halogens is 2. The average Bonchev–Trinajstić information content (AvgIpc) is 3.22. The second-order valence-corrected chi connectivity index (χ2v) is 12.4. The zero-order valence-electron chi connectivity index (χ0n) is 17.9. The van der Waals surface area contributed by atoms with Crippen molar-refractivity contribution in [3.8, 4) is 5.75 Å². The number of rotatable bonds is 7. The molecule has 0 bridgehead atoms. The fourth-order valence-corrected chi connectivity index (χ4v) is 7.07. The molecule has 3 aromatic carbocycles. The fourth-order valence-electron chi connectivity index (χ4n) is 3.91. The first-order valence-electron chi connectivity index (χ1n) is 10.6. The Morgan fingerprint density at radius 3 is 2.16 bits per heavy atom. The molecule has 0 spiro atoms. The number of carbonyl (C=O) groups is 1. The summed E-state index contributed by atoms with van der Waals surface area (Å²) in [6, 6.07) is 25.3. The molecule has 3 aromatic rings. The van der Waals surface area contributed by atoms with Crippen molar-refractivity contribution >= 4 is 62.0 Å². The minimum atomic E-state index is -0.320. The summed E-state index contributed by atoms with van der Waals surface area (Å²) in [6.45, 7) is 1.96. The fraction of sp³-hybridized carbons (Fsp3) is 0.269. The molecule has 1 saturated carbocycles. The lowest BCUT2D eigenvalue weighted by Crippen LogP contribution is -2.30. The van der Waals surface area contributed by atoms with Crippen LogP contribution in [0.15, 0.2) is 87.5 Å². The zero-order valence-corrected chi connectivity index (χ0v) is 23.0. The summed E-state index contributed by atoms with van der Waals surface area (Å²) in [4.78, 5) is 16.0. The maximum Gasteiger partial charge on any atom is 0.344 e. The Morgan fingerprint density at radius 1 is 0.875 bits per heavy atom. The van der Waals surface area contributed by atoms with E-state index >= 15 is 0 Å². The minimum Gasteiger partial charge on any atom is -0.482 e. The molecule has 4 rings (SSSR count). The lowest BCUT2D eigenvalue weighted by Gasteiger charge is -2.23. The van der Waals surface area contributed by atoms with Crippen LogP contribution in [0.2, 0.25) is 0 Å². The highest BCUT2D eigenvalue weighted by atomic mass is 127. The Labute approximate surface area is 219 Å². The predicted molar refractivity (Wildman–Crippen MR) is 145 cm³/mol. The van der Waals surface area contributed by atoms with E-state index in [0.717, 1.165) is 25.7 Å². The van der Waals surface area contributed by atoms with Crippen molar-refractivity contribution in [1.82, 2.24) is 0 Å². The first-order chi connectivity index (χ1) is 15.4. The van der Waals surface area contributed by atoms with Crippen LogP contribution in [0.4, 0.5) is 0 Å². The molecule has 1 fully saturated rings. The quantitative estimate of drug-likeness (QED) is 0.151. The van der Waals surface area contributed by atoms with Crippen LogP contribution in [0.5, 0.6) is 5.75 Å². The Hall–Kier alpha value is -1.26. The van der Waals surface area contributed by atoms with Gasteiger partial charge in [-0.15, -0.1) is 0 Å². The van der Waals surface area contributed by atoms with Crippen LogP contribution in [0.1, 0.15) is 32.6 Å². The van der Waals surface area contributed by atoms with E-state index in [1.807, 2.05) is 25.1 Å². The van der Waals surface area contributed by atoms with E-state index in [0.29, 0.717) is 5.75 Å². The highest BCUT2D eigenvalue weighted by Crippen LogP contribution is 2.34. The van der Waals surface area contributed by atoms with Crippen molar-refractivity contribution in [2.45, 2.75) is 52.9 Å². The average molecular weight is 671 g/mol. The van der Waals surface area contributed by atoms with Crippen molar-refractivity contribution in [2.75, 3.05) is 6.61 Å². The molecule has 0 aliphatic heterocycles. The molecule has 0 amide bonds. The molecule has 166 valence electrons. The summed E-state index contributed by atoms with van der Waals surface area (Å²) < 4.78 is 13.9. The van der Waals surface area contributed by atoms with E-state index in [4.69, 9.17) is 9.47 Å². The number of ether oxygens (including phenoxy) is 2. The van der Waals surface area contributed by atoms with Gasteiger partial charge < -0.3 is 9.47 Å². The van der Waals surface area contributed by atoms with Gasteiger partial charge in [-0.25, -0.2) is 4.79 Å². The van der Waals surface area contributed by atoms with Crippen molar-refractivity contribution < 1.29 is 14.3 Å². The maximum atomic E-state index is 12.2. The Bertz CT molecular complexity index is 1060. The molecular weight excluding hydrogens is 646 g/mol. The molecule has 0 saturated heterocycles. The molecule has 0 heterocycles. The van der Waals surface area contributed by atoms with Gasteiger partial charge in [0, 0.05) is 13.2 Å². The van der Waals surface area contributed by atoms with Gasteiger partial charge in [-0.1, -0.05) is 18.2 Å². The molecular formula is C26H25I2O3S+. The van der Waals surface area contributed by atoms with E-state index in [1.54, 1.807) is 0 Å². The third-order valence-electron chi connectivity index (χ3n) is 5.54. The molecule has 3 nitrogen and oxygen atoms in total. The van der Waals surface area contributed by atoms with E-state index in [9.17, 15) is 4.79 Å². The summed E-state index contributed by atoms with van der Waals surface area (Å²) in [5, 5.41) is 0. The van der Waals surface area contributed by atoms with E-state index < -0.39 is 0 Å². The van der Waals surface area contributed by atoms with Crippen LogP contribution >= 0.6 is 45.2 Å². The standard InChI is InChI=1S/C26H25I2O3S/c1-26(15-5-6-16-26)31-25(29)18-30-19-9-11-21(12-10-19)32(20-7-3-2-4-8-20)22-13-14-23(27)24(28)17-22/h2-4,7-14,17H,5-6,15-16,18H2,1H3/q+1. The largest absolute Gasteiger partial charge is 0.482 e. The van der Waals surface area contributed by atoms with Crippen LogP contribution in [-0.2, 0) is 20.4 Å². The minimum absolute atomic E-state index is 0.0609.